The average molecular weight is 416 g/mol. The van der Waals surface area contributed by atoms with E-state index in [1.807, 2.05) is 46.7 Å². The second-order valence-corrected chi connectivity index (χ2v) is 8.36. The zero-order valence-electron chi connectivity index (χ0n) is 15.5. The molecule has 0 radical (unpaired) electrons. The maximum atomic E-state index is 12.4. The number of nitrogens with one attached hydrogen (secondary N) is 1. The maximum Gasteiger partial charge on any atom is 0.227 e. The Hall–Kier alpha value is -2.42. The van der Waals surface area contributed by atoms with Crippen LogP contribution in [0, 0.1) is 0 Å². The highest BCUT2D eigenvalue weighted by Gasteiger charge is 2.18. The smallest absolute Gasteiger partial charge is 0.227 e. The number of hydrogen-bond acceptors (Lipinski definition) is 7. The van der Waals surface area contributed by atoms with E-state index in [1.165, 1.54) is 0 Å². The largest absolute Gasteiger partial charge is 0.497 e. The van der Waals surface area contributed by atoms with Crippen molar-refractivity contribution in [3.05, 3.63) is 46.7 Å². The van der Waals surface area contributed by atoms with Gasteiger partial charge in [-0.1, -0.05) is 6.07 Å². The van der Waals surface area contributed by atoms with Crippen molar-refractivity contribution < 1.29 is 14.3 Å². The lowest BCUT2D eigenvalue weighted by atomic mass is 10.3. The third kappa shape index (κ3) is 4.52. The van der Waals surface area contributed by atoms with Gasteiger partial charge in [-0.25, -0.2) is 4.98 Å². The van der Waals surface area contributed by atoms with E-state index >= 15 is 0 Å². The molecule has 28 heavy (non-hydrogen) atoms. The van der Waals surface area contributed by atoms with Crippen LogP contribution in [0.4, 0.5) is 10.8 Å². The number of methoxy groups -OCH3 is 1. The topological polar surface area (TPSA) is 63.7 Å². The minimum Gasteiger partial charge on any atom is -0.497 e. The van der Waals surface area contributed by atoms with Gasteiger partial charge in [0.15, 0.2) is 5.13 Å². The van der Waals surface area contributed by atoms with Gasteiger partial charge in [0.2, 0.25) is 5.91 Å². The summed E-state index contributed by atoms with van der Waals surface area (Å²) in [5.41, 5.74) is 1.86. The fourth-order valence-electron chi connectivity index (χ4n) is 2.95. The normalized spacial score (nSPS) is 14.1. The fraction of sp³-hybridized carbons (Fsp3) is 0.300. The highest BCUT2D eigenvalue weighted by molar-refractivity contribution is 7.17. The fourth-order valence-corrected chi connectivity index (χ4v) is 4.72. The lowest BCUT2D eigenvalue weighted by Gasteiger charge is -2.26. The van der Waals surface area contributed by atoms with Crippen molar-refractivity contribution in [2.45, 2.75) is 6.42 Å². The molecule has 6 nitrogen and oxygen atoms in total. The molecule has 1 amide bonds. The van der Waals surface area contributed by atoms with E-state index in [1.54, 1.807) is 29.8 Å². The molecule has 0 spiro atoms. The van der Waals surface area contributed by atoms with E-state index in [-0.39, 0.29) is 5.91 Å². The molecule has 8 heteroatoms. The summed E-state index contributed by atoms with van der Waals surface area (Å²) in [6, 6.07) is 11.8. The molecule has 0 bridgehead atoms. The number of carbonyl (C=O) groups is 1. The van der Waals surface area contributed by atoms with Crippen LogP contribution in [0.3, 0.4) is 0 Å². The molecule has 1 aromatic carbocycles. The Morgan fingerprint density at radius 1 is 1.29 bits per heavy atom. The van der Waals surface area contributed by atoms with Crippen LogP contribution in [-0.2, 0) is 16.0 Å². The molecule has 3 heterocycles. The summed E-state index contributed by atoms with van der Waals surface area (Å²) in [5.74, 6) is 0.963. The van der Waals surface area contributed by atoms with Gasteiger partial charge in [0.05, 0.1) is 37.3 Å². The standard InChI is InChI=1S/C20H21N3O3S2/c1-25-15-4-2-3-14(11-15)21-20-22-17(13-27-20)18-6-5-16(28-18)12-19(24)23-7-9-26-10-8-23/h2-6,11,13H,7-10,12H2,1H3,(H,21,22). The molecule has 0 unspecified atom stereocenters. The molecule has 3 aromatic rings. The first-order chi connectivity index (χ1) is 13.7. The van der Waals surface area contributed by atoms with Crippen molar-refractivity contribution >= 4 is 39.4 Å². The Morgan fingerprint density at radius 2 is 2.14 bits per heavy atom. The highest BCUT2D eigenvalue weighted by Crippen LogP contribution is 2.32. The monoisotopic (exact) mass is 415 g/mol. The number of benzene rings is 1. The van der Waals surface area contributed by atoms with Gasteiger partial charge in [0.25, 0.3) is 0 Å². The Bertz CT molecular complexity index is 948. The Morgan fingerprint density at radius 3 is 2.96 bits per heavy atom. The number of ether oxygens (including phenoxy) is 2. The lowest BCUT2D eigenvalue weighted by Crippen LogP contribution is -2.41. The third-order valence-electron chi connectivity index (χ3n) is 4.43. The van der Waals surface area contributed by atoms with Crippen LogP contribution >= 0.6 is 22.7 Å². The van der Waals surface area contributed by atoms with Gasteiger partial charge >= 0.3 is 0 Å². The van der Waals surface area contributed by atoms with Gasteiger partial charge < -0.3 is 19.7 Å². The van der Waals surface area contributed by atoms with Crippen molar-refractivity contribution in [3.63, 3.8) is 0 Å². The van der Waals surface area contributed by atoms with Gasteiger partial charge in [-0.2, -0.15) is 0 Å². The van der Waals surface area contributed by atoms with Gasteiger partial charge in [0, 0.05) is 35.1 Å². The van der Waals surface area contributed by atoms with Crippen LogP contribution < -0.4 is 10.1 Å². The third-order valence-corrected chi connectivity index (χ3v) is 6.29. The average Bonchev–Trinajstić information content (AvgIpc) is 3.38. The van der Waals surface area contributed by atoms with Crippen LogP contribution in [0.15, 0.2) is 41.8 Å². The molecule has 1 aliphatic rings. The number of hydrogen-bond donors (Lipinski definition) is 1. The number of thiazole rings is 1. The van der Waals surface area contributed by atoms with Gasteiger partial charge in [-0.05, 0) is 24.3 Å². The molecule has 4 rings (SSSR count). The molecule has 2 aromatic heterocycles. The second-order valence-electron chi connectivity index (χ2n) is 6.33. The van der Waals surface area contributed by atoms with E-state index in [2.05, 4.69) is 10.3 Å². The first-order valence-corrected chi connectivity index (χ1v) is 10.7. The van der Waals surface area contributed by atoms with E-state index in [0.29, 0.717) is 32.7 Å². The molecule has 146 valence electrons. The molecule has 1 N–H and O–H groups in total. The summed E-state index contributed by atoms with van der Waals surface area (Å²) in [4.78, 5) is 21.1. The number of carbonyl (C=O) groups excluding carboxylic acids is 1. The molecular formula is C20H21N3O3S2. The molecule has 1 fully saturated rings. The molecule has 0 atom stereocenters. The van der Waals surface area contributed by atoms with Crippen LogP contribution in [0.1, 0.15) is 4.88 Å². The molecule has 0 saturated carbocycles. The van der Waals surface area contributed by atoms with Crippen molar-refractivity contribution in [1.29, 1.82) is 0 Å². The van der Waals surface area contributed by atoms with Crippen molar-refractivity contribution in [2.75, 3.05) is 38.7 Å². The maximum absolute atomic E-state index is 12.4. The van der Waals surface area contributed by atoms with Gasteiger partial charge in [-0.15, -0.1) is 22.7 Å². The van der Waals surface area contributed by atoms with Crippen molar-refractivity contribution in [2.24, 2.45) is 0 Å². The van der Waals surface area contributed by atoms with Crippen LogP contribution in [0.2, 0.25) is 0 Å². The zero-order valence-corrected chi connectivity index (χ0v) is 17.1. The quantitative estimate of drug-likeness (QED) is 0.659. The summed E-state index contributed by atoms with van der Waals surface area (Å²) in [6.45, 7) is 2.62. The number of nitrogens with zero attached hydrogens (tertiary/aromatic N) is 2. The predicted molar refractivity (Wildman–Crippen MR) is 113 cm³/mol. The van der Waals surface area contributed by atoms with E-state index in [9.17, 15) is 4.79 Å². The van der Waals surface area contributed by atoms with E-state index < -0.39 is 0 Å². The van der Waals surface area contributed by atoms with Gasteiger partial charge in [-0.3, -0.25) is 4.79 Å². The second kappa shape index (κ2) is 8.72. The van der Waals surface area contributed by atoms with Crippen LogP contribution in [-0.4, -0.2) is 49.2 Å². The lowest BCUT2D eigenvalue weighted by molar-refractivity contribution is -0.134. The van der Waals surface area contributed by atoms with Crippen LogP contribution in [0.5, 0.6) is 5.75 Å². The number of aromatic nitrogens is 1. The number of thiophene rings is 1. The Balaban J connectivity index is 1.40. The minimum absolute atomic E-state index is 0.162. The minimum atomic E-state index is 0.162. The number of morpholine rings is 1. The summed E-state index contributed by atoms with van der Waals surface area (Å²) in [7, 11) is 1.65. The molecule has 1 saturated heterocycles. The van der Waals surface area contributed by atoms with Crippen molar-refractivity contribution in [1.82, 2.24) is 9.88 Å². The highest BCUT2D eigenvalue weighted by atomic mass is 32.1. The number of amides is 1. The van der Waals surface area contributed by atoms with E-state index in [0.717, 1.165) is 32.0 Å². The summed E-state index contributed by atoms with van der Waals surface area (Å²) >= 11 is 3.17. The van der Waals surface area contributed by atoms with Crippen molar-refractivity contribution in [3.8, 4) is 16.3 Å². The molecular weight excluding hydrogens is 394 g/mol. The Labute approximate surface area is 171 Å². The van der Waals surface area contributed by atoms with Gasteiger partial charge in [0.1, 0.15) is 5.75 Å². The molecule has 0 aliphatic carbocycles. The number of anilines is 2. The summed E-state index contributed by atoms with van der Waals surface area (Å²) in [6.07, 6.45) is 0.434. The predicted octanol–water partition coefficient (Wildman–Crippen LogP) is 4.03. The summed E-state index contributed by atoms with van der Waals surface area (Å²) in [5, 5.41) is 6.16. The SMILES string of the molecule is COc1cccc(Nc2nc(-c3ccc(CC(=O)N4CCOCC4)s3)cs2)c1. The zero-order chi connectivity index (χ0) is 19.3. The molecule has 1 aliphatic heterocycles. The first-order valence-electron chi connectivity index (χ1n) is 9.02. The number of rotatable bonds is 6. The first kappa shape index (κ1) is 18.9. The summed E-state index contributed by atoms with van der Waals surface area (Å²) < 4.78 is 10.6. The van der Waals surface area contributed by atoms with Crippen LogP contribution in [0.25, 0.3) is 10.6 Å². The Kier molecular flexibility index (Phi) is 5.90. The van der Waals surface area contributed by atoms with E-state index in [4.69, 9.17) is 9.47 Å².